The highest BCUT2D eigenvalue weighted by atomic mass is 16.4. The second-order valence-electron chi connectivity index (χ2n) is 4.77. The van der Waals surface area contributed by atoms with Crippen LogP contribution in [-0.4, -0.2) is 39.2 Å². The maximum Gasteiger partial charge on any atom is 0.305 e. The number of aryl methyl sites for hydroxylation is 1. The van der Waals surface area contributed by atoms with Crippen LogP contribution in [-0.2, 0) is 11.8 Å². The van der Waals surface area contributed by atoms with Gasteiger partial charge in [0.05, 0.1) is 6.42 Å². The van der Waals surface area contributed by atoms with E-state index in [0.29, 0.717) is 16.9 Å². The highest BCUT2D eigenvalue weighted by Crippen LogP contribution is 2.11. The Morgan fingerprint density at radius 1 is 1.13 bits per heavy atom. The van der Waals surface area contributed by atoms with Gasteiger partial charge < -0.3 is 15.7 Å². The van der Waals surface area contributed by atoms with Crippen LogP contribution in [0.5, 0.6) is 0 Å². The zero-order valence-corrected chi connectivity index (χ0v) is 12.4. The lowest BCUT2D eigenvalue weighted by molar-refractivity contribution is -0.136. The number of nitrogens with zero attached hydrogens (tertiary/aromatic N) is 2. The van der Waals surface area contributed by atoms with Gasteiger partial charge in [0, 0.05) is 31.0 Å². The van der Waals surface area contributed by atoms with Crippen molar-refractivity contribution >= 4 is 23.5 Å². The molecule has 0 aliphatic heterocycles. The van der Waals surface area contributed by atoms with Gasteiger partial charge in [0.15, 0.2) is 0 Å². The average molecular weight is 316 g/mol. The summed E-state index contributed by atoms with van der Waals surface area (Å²) in [5.41, 5.74) is 1.34. The molecule has 0 radical (unpaired) electrons. The van der Waals surface area contributed by atoms with E-state index in [1.807, 2.05) is 0 Å². The molecular formula is C15H16N4O4. The third-order valence-electron chi connectivity index (χ3n) is 3.08. The number of hydrogen-bond acceptors (Lipinski definition) is 4. The molecule has 0 unspecified atom stereocenters. The van der Waals surface area contributed by atoms with Gasteiger partial charge in [-0.05, 0) is 30.3 Å². The Morgan fingerprint density at radius 3 is 2.39 bits per heavy atom. The molecule has 0 aliphatic rings. The first-order valence-corrected chi connectivity index (χ1v) is 6.87. The number of carboxylic acids is 1. The van der Waals surface area contributed by atoms with Crippen molar-refractivity contribution in [3.05, 3.63) is 47.8 Å². The summed E-state index contributed by atoms with van der Waals surface area (Å²) >= 11 is 0. The van der Waals surface area contributed by atoms with Gasteiger partial charge in [-0.2, -0.15) is 5.10 Å². The van der Waals surface area contributed by atoms with Gasteiger partial charge >= 0.3 is 5.97 Å². The Kier molecular flexibility index (Phi) is 5.08. The number of carbonyl (C=O) groups is 3. The first-order chi connectivity index (χ1) is 11.0. The van der Waals surface area contributed by atoms with Gasteiger partial charge in [0.1, 0.15) is 5.69 Å². The van der Waals surface area contributed by atoms with Crippen molar-refractivity contribution in [1.29, 1.82) is 0 Å². The van der Waals surface area contributed by atoms with Crippen LogP contribution in [0.3, 0.4) is 0 Å². The van der Waals surface area contributed by atoms with Crippen molar-refractivity contribution in [2.45, 2.75) is 6.42 Å². The smallest absolute Gasteiger partial charge is 0.305 e. The Balaban J connectivity index is 1.94. The molecule has 2 amide bonds. The van der Waals surface area contributed by atoms with Crippen LogP contribution in [0.4, 0.5) is 5.69 Å². The fourth-order valence-electron chi connectivity index (χ4n) is 1.88. The lowest BCUT2D eigenvalue weighted by Gasteiger charge is -2.07. The predicted octanol–water partition coefficient (Wildman–Crippen LogP) is 0.877. The fourth-order valence-corrected chi connectivity index (χ4v) is 1.88. The molecule has 0 aliphatic carbocycles. The lowest BCUT2D eigenvalue weighted by atomic mass is 10.2. The number of benzene rings is 1. The van der Waals surface area contributed by atoms with Gasteiger partial charge in [-0.1, -0.05) is 0 Å². The van der Waals surface area contributed by atoms with Gasteiger partial charge in [-0.3, -0.25) is 19.1 Å². The molecule has 0 saturated carbocycles. The van der Waals surface area contributed by atoms with Gasteiger partial charge in [0.2, 0.25) is 0 Å². The van der Waals surface area contributed by atoms with E-state index in [4.69, 9.17) is 5.11 Å². The van der Waals surface area contributed by atoms with Crippen LogP contribution < -0.4 is 10.6 Å². The maximum absolute atomic E-state index is 12.0. The first-order valence-electron chi connectivity index (χ1n) is 6.87. The number of nitrogens with one attached hydrogen (secondary N) is 2. The molecule has 120 valence electrons. The standard InChI is InChI=1S/C15H16N4O4/c1-19-12(6-9-17-19)15(23)18-11-4-2-10(3-5-11)14(22)16-8-7-13(20)21/h2-6,9H,7-8H2,1H3,(H,16,22)(H,18,23)(H,20,21). The summed E-state index contributed by atoms with van der Waals surface area (Å²) in [6, 6.07) is 7.89. The van der Waals surface area contributed by atoms with Gasteiger partial charge in [-0.25, -0.2) is 0 Å². The van der Waals surface area contributed by atoms with Crippen molar-refractivity contribution in [2.75, 3.05) is 11.9 Å². The predicted molar refractivity (Wildman–Crippen MR) is 82.2 cm³/mol. The van der Waals surface area contributed by atoms with Crippen LogP contribution in [0.15, 0.2) is 36.5 Å². The maximum atomic E-state index is 12.0. The van der Waals surface area contributed by atoms with E-state index in [1.165, 1.54) is 10.9 Å². The topological polar surface area (TPSA) is 113 Å². The van der Waals surface area contributed by atoms with E-state index < -0.39 is 5.97 Å². The molecule has 0 bridgehead atoms. The number of rotatable bonds is 6. The minimum atomic E-state index is -0.974. The normalized spacial score (nSPS) is 10.1. The van der Waals surface area contributed by atoms with Crippen molar-refractivity contribution in [3.8, 4) is 0 Å². The molecular weight excluding hydrogens is 300 g/mol. The fraction of sp³-hybridized carbons (Fsp3) is 0.200. The van der Waals surface area contributed by atoms with E-state index >= 15 is 0 Å². The van der Waals surface area contributed by atoms with E-state index in [9.17, 15) is 14.4 Å². The molecule has 0 spiro atoms. The number of amides is 2. The first kappa shape index (κ1) is 16.2. The minimum Gasteiger partial charge on any atom is -0.481 e. The Morgan fingerprint density at radius 2 is 1.83 bits per heavy atom. The third kappa shape index (κ3) is 4.40. The molecule has 1 aromatic heterocycles. The zero-order valence-electron chi connectivity index (χ0n) is 12.4. The van der Waals surface area contributed by atoms with Crippen LogP contribution in [0.1, 0.15) is 27.3 Å². The van der Waals surface area contributed by atoms with E-state index in [2.05, 4.69) is 15.7 Å². The summed E-state index contributed by atoms with van der Waals surface area (Å²) in [6.07, 6.45) is 1.39. The number of hydrogen-bond donors (Lipinski definition) is 3. The molecule has 0 saturated heterocycles. The molecule has 1 heterocycles. The minimum absolute atomic E-state index is 0.0626. The van der Waals surface area contributed by atoms with Crippen LogP contribution in [0.2, 0.25) is 0 Å². The SMILES string of the molecule is Cn1nccc1C(=O)Nc1ccc(C(=O)NCCC(=O)O)cc1. The number of aromatic nitrogens is 2. The molecule has 23 heavy (non-hydrogen) atoms. The van der Waals surface area contributed by atoms with Crippen molar-refractivity contribution in [3.63, 3.8) is 0 Å². The molecule has 8 heteroatoms. The second-order valence-corrected chi connectivity index (χ2v) is 4.77. The lowest BCUT2D eigenvalue weighted by Crippen LogP contribution is -2.26. The quantitative estimate of drug-likeness (QED) is 0.732. The number of carbonyl (C=O) groups excluding carboxylic acids is 2. The molecule has 3 N–H and O–H groups in total. The molecule has 8 nitrogen and oxygen atoms in total. The average Bonchev–Trinajstić information content (AvgIpc) is 2.93. The van der Waals surface area contributed by atoms with E-state index in [0.717, 1.165) is 0 Å². The largest absolute Gasteiger partial charge is 0.481 e. The van der Waals surface area contributed by atoms with Gasteiger partial charge in [0.25, 0.3) is 11.8 Å². The summed E-state index contributed by atoms with van der Waals surface area (Å²) in [5, 5.41) is 17.6. The molecule has 2 aromatic rings. The van der Waals surface area contributed by atoms with Crippen LogP contribution in [0, 0.1) is 0 Å². The number of carboxylic acid groups (broad SMARTS) is 1. The number of aliphatic carboxylic acids is 1. The third-order valence-corrected chi connectivity index (χ3v) is 3.08. The monoisotopic (exact) mass is 316 g/mol. The molecule has 0 atom stereocenters. The highest BCUT2D eigenvalue weighted by Gasteiger charge is 2.11. The summed E-state index contributed by atoms with van der Waals surface area (Å²) < 4.78 is 1.46. The summed E-state index contributed by atoms with van der Waals surface area (Å²) in [7, 11) is 1.67. The number of anilines is 1. The molecule has 1 aromatic carbocycles. The van der Waals surface area contributed by atoms with Crippen LogP contribution in [0.25, 0.3) is 0 Å². The Labute approximate surface area is 132 Å². The second kappa shape index (κ2) is 7.21. The highest BCUT2D eigenvalue weighted by molar-refractivity contribution is 6.03. The van der Waals surface area contributed by atoms with Crippen molar-refractivity contribution in [1.82, 2.24) is 15.1 Å². The van der Waals surface area contributed by atoms with E-state index in [-0.39, 0.29) is 24.8 Å². The zero-order chi connectivity index (χ0) is 16.8. The summed E-state index contributed by atoms with van der Waals surface area (Å²) in [6.45, 7) is 0.0626. The van der Waals surface area contributed by atoms with Gasteiger partial charge in [-0.15, -0.1) is 0 Å². The molecule has 0 fully saturated rings. The van der Waals surface area contributed by atoms with Crippen molar-refractivity contribution in [2.24, 2.45) is 7.05 Å². The summed E-state index contributed by atoms with van der Waals surface area (Å²) in [4.78, 5) is 34.2. The Bertz CT molecular complexity index is 721. The summed E-state index contributed by atoms with van der Waals surface area (Å²) in [5.74, 6) is -1.64. The van der Waals surface area contributed by atoms with E-state index in [1.54, 1.807) is 37.4 Å². The van der Waals surface area contributed by atoms with Crippen LogP contribution >= 0.6 is 0 Å². The Hall–Kier alpha value is -3.16. The van der Waals surface area contributed by atoms with Crippen molar-refractivity contribution < 1.29 is 19.5 Å². The molecule has 2 rings (SSSR count).